The Morgan fingerprint density at radius 2 is 2.00 bits per heavy atom. The number of nitrogens with zero attached hydrogens (tertiary/aromatic N) is 1. The third-order valence-corrected chi connectivity index (χ3v) is 6.74. The van der Waals surface area contributed by atoms with Crippen LogP contribution in [0, 0.1) is 5.92 Å². The van der Waals surface area contributed by atoms with Crippen molar-refractivity contribution in [3.63, 3.8) is 0 Å². The predicted molar refractivity (Wildman–Crippen MR) is 75.8 cm³/mol. The average Bonchev–Trinajstić information content (AvgIpc) is 2.90. The molecule has 0 aliphatic carbocycles. The van der Waals surface area contributed by atoms with Gasteiger partial charge in [0.2, 0.25) is 0 Å². The van der Waals surface area contributed by atoms with E-state index in [4.69, 9.17) is 5.73 Å². The van der Waals surface area contributed by atoms with Crippen molar-refractivity contribution < 1.29 is 8.42 Å². The van der Waals surface area contributed by atoms with E-state index in [1.165, 1.54) is 6.42 Å². The molecule has 5 nitrogen and oxygen atoms in total. The predicted octanol–water partition coefficient (Wildman–Crippen LogP) is 0.387. The number of hydrogen-bond donors (Lipinski definition) is 2. The van der Waals surface area contributed by atoms with Crippen LogP contribution < -0.4 is 10.5 Å². The Hall–Kier alpha value is 0.180. The molecule has 3 N–H and O–H groups in total. The minimum Gasteiger partial charge on any atom is -0.330 e. The second kappa shape index (κ2) is 6.56. The number of thioether (sulfide) groups is 1. The molecule has 2 aliphatic heterocycles. The lowest BCUT2D eigenvalue weighted by atomic mass is 9.99. The molecule has 1 unspecified atom stereocenters. The van der Waals surface area contributed by atoms with Gasteiger partial charge < -0.3 is 5.73 Å². The van der Waals surface area contributed by atoms with E-state index < -0.39 is 10.2 Å². The van der Waals surface area contributed by atoms with Crippen molar-refractivity contribution >= 4 is 22.0 Å². The van der Waals surface area contributed by atoms with E-state index in [9.17, 15) is 8.42 Å². The minimum atomic E-state index is -3.27. The minimum absolute atomic E-state index is 0.460. The molecular weight excluding hydrogens is 270 g/mol. The summed E-state index contributed by atoms with van der Waals surface area (Å²) in [6.45, 7) is 2.45. The van der Waals surface area contributed by atoms with Crippen LogP contribution in [0.15, 0.2) is 0 Å². The highest BCUT2D eigenvalue weighted by atomic mass is 32.2. The van der Waals surface area contributed by atoms with Gasteiger partial charge in [-0.2, -0.15) is 24.5 Å². The average molecular weight is 293 g/mol. The van der Waals surface area contributed by atoms with Crippen LogP contribution in [-0.2, 0) is 10.2 Å². The lowest BCUT2D eigenvalue weighted by Crippen LogP contribution is -2.47. The van der Waals surface area contributed by atoms with E-state index in [1.54, 1.807) is 4.31 Å². The van der Waals surface area contributed by atoms with E-state index in [2.05, 4.69) is 4.72 Å². The van der Waals surface area contributed by atoms with Gasteiger partial charge in [0.15, 0.2) is 0 Å². The summed E-state index contributed by atoms with van der Waals surface area (Å²) in [7, 11) is -3.27. The molecule has 2 rings (SSSR count). The van der Waals surface area contributed by atoms with Crippen LogP contribution in [0.4, 0.5) is 0 Å². The molecule has 0 aromatic heterocycles. The van der Waals surface area contributed by atoms with Crippen LogP contribution in [0.5, 0.6) is 0 Å². The third kappa shape index (κ3) is 3.84. The second-order valence-electron chi connectivity index (χ2n) is 5.07. The van der Waals surface area contributed by atoms with Crippen molar-refractivity contribution in [1.29, 1.82) is 0 Å². The van der Waals surface area contributed by atoms with Gasteiger partial charge in [-0.25, -0.2) is 4.72 Å². The molecule has 0 saturated carbocycles. The number of nitrogens with two attached hydrogens (primary N) is 1. The van der Waals surface area contributed by atoms with Gasteiger partial charge in [-0.05, 0) is 43.9 Å². The first-order valence-corrected chi connectivity index (χ1v) is 9.17. The monoisotopic (exact) mass is 293 g/mol. The summed E-state index contributed by atoms with van der Waals surface area (Å²) in [5, 5.41) is 0.460. The van der Waals surface area contributed by atoms with Gasteiger partial charge in [0.1, 0.15) is 0 Å². The molecule has 18 heavy (non-hydrogen) atoms. The zero-order chi connectivity index (χ0) is 13.0. The lowest BCUT2D eigenvalue weighted by Gasteiger charge is -2.30. The Kier molecular flexibility index (Phi) is 5.32. The molecule has 106 valence electrons. The molecule has 0 spiro atoms. The Balaban J connectivity index is 1.79. The van der Waals surface area contributed by atoms with E-state index in [-0.39, 0.29) is 0 Å². The molecule has 0 radical (unpaired) electrons. The molecule has 0 amide bonds. The van der Waals surface area contributed by atoms with Gasteiger partial charge in [0, 0.05) is 24.9 Å². The summed E-state index contributed by atoms with van der Waals surface area (Å²) >= 11 is 1.87. The van der Waals surface area contributed by atoms with Gasteiger partial charge in [-0.15, -0.1) is 0 Å². The van der Waals surface area contributed by atoms with Crippen LogP contribution >= 0.6 is 11.8 Å². The van der Waals surface area contributed by atoms with Crippen LogP contribution in [0.3, 0.4) is 0 Å². The van der Waals surface area contributed by atoms with Crippen LogP contribution in [0.2, 0.25) is 0 Å². The Bertz CT molecular complexity index is 347. The summed E-state index contributed by atoms with van der Waals surface area (Å²) in [5.41, 5.74) is 5.61. The fourth-order valence-corrected chi connectivity index (χ4v) is 5.07. The summed E-state index contributed by atoms with van der Waals surface area (Å²) in [4.78, 5) is 0. The van der Waals surface area contributed by atoms with Crippen molar-refractivity contribution in [2.45, 2.75) is 30.9 Å². The molecule has 2 fully saturated rings. The summed E-state index contributed by atoms with van der Waals surface area (Å²) in [6.07, 6.45) is 4.10. The molecule has 2 saturated heterocycles. The topological polar surface area (TPSA) is 75.4 Å². The zero-order valence-corrected chi connectivity index (χ0v) is 12.3. The molecule has 0 aromatic rings. The fourth-order valence-electron chi connectivity index (χ4n) is 2.48. The maximum absolute atomic E-state index is 12.1. The molecule has 1 atom stereocenters. The van der Waals surface area contributed by atoms with Crippen molar-refractivity contribution in [2.24, 2.45) is 11.7 Å². The molecule has 7 heteroatoms. The Morgan fingerprint density at radius 1 is 1.28 bits per heavy atom. The molecule has 2 aliphatic rings. The third-order valence-electron chi connectivity index (χ3n) is 3.76. The molecule has 2 heterocycles. The lowest BCUT2D eigenvalue weighted by molar-refractivity contribution is 0.276. The normalized spacial score (nSPS) is 27.7. The van der Waals surface area contributed by atoms with E-state index >= 15 is 0 Å². The van der Waals surface area contributed by atoms with Crippen molar-refractivity contribution in [3.8, 4) is 0 Å². The largest absolute Gasteiger partial charge is 0.330 e. The number of piperidine rings is 1. The number of nitrogens with one attached hydrogen (secondary N) is 1. The van der Waals surface area contributed by atoms with Crippen LogP contribution in [0.25, 0.3) is 0 Å². The maximum Gasteiger partial charge on any atom is 0.279 e. The van der Waals surface area contributed by atoms with E-state index in [0.29, 0.717) is 37.3 Å². The zero-order valence-electron chi connectivity index (χ0n) is 10.7. The highest BCUT2D eigenvalue weighted by molar-refractivity contribution is 8.00. The number of hydrogen-bond acceptors (Lipinski definition) is 4. The van der Waals surface area contributed by atoms with Crippen LogP contribution in [-0.4, -0.2) is 49.9 Å². The SMILES string of the molecule is NCC1CCN(S(=O)(=O)NCC2CCCS2)CC1. The van der Waals surface area contributed by atoms with Gasteiger partial charge in [0.25, 0.3) is 10.2 Å². The van der Waals surface area contributed by atoms with Crippen molar-refractivity contribution in [2.75, 3.05) is 31.9 Å². The maximum atomic E-state index is 12.1. The summed E-state index contributed by atoms with van der Waals surface area (Å²) < 4.78 is 28.5. The van der Waals surface area contributed by atoms with Gasteiger partial charge >= 0.3 is 0 Å². The van der Waals surface area contributed by atoms with E-state index in [1.807, 2.05) is 11.8 Å². The van der Waals surface area contributed by atoms with Crippen molar-refractivity contribution in [3.05, 3.63) is 0 Å². The Labute approximate surface area is 114 Å². The van der Waals surface area contributed by atoms with Crippen LogP contribution in [0.1, 0.15) is 25.7 Å². The smallest absolute Gasteiger partial charge is 0.279 e. The van der Waals surface area contributed by atoms with Gasteiger partial charge in [-0.3, -0.25) is 0 Å². The molecule has 0 bridgehead atoms. The standard InChI is InChI=1S/C11H23N3O2S2/c12-8-10-3-5-14(6-4-10)18(15,16)13-9-11-2-1-7-17-11/h10-11,13H,1-9,12H2. The van der Waals surface area contributed by atoms with Crippen molar-refractivity contribution in [1.82, 2.24) is 9.03 Å². The highest BCUT2D eigenvalue weighted by Crippen LogP contribution is 2.25. The van der Waals surface area contributed by atoms with Gasteiger partial charge in [0.05, 0.1) is 0 Å². The summed E-state index contributed by atoms with van der Waals surface area (Å²) in [6, 6.07) is 0. The fraction of sp³-hybridized carbons (Fsp3) is 1.00. The molecular formula is C11H23N3O2S2. The quantitative estimate of drug-likeness (QED) is 0.769. The first-order valence-electron chi connectivity index (χ1n) is 6.68. The molecule has 0 aromatic carbocycles. The number of rotatable bonds is 5. The summed E-state index contributed by atoms with van der Waals surface area (Å²) in [5.74, 6) is 1.65. The van der Waals surface area contributed by atoms with Gasteiger partial charge in [-0.1, -0.05) is 0 Å². The first kappa shape index (κ1) is 14.6. The first-order chi connectivity index (χ1) is 8.62. The Morgan fingerprint density at radius 3 is 2.56 bits per heavy atom. The second-order valence-corrected chi connectivity index (χ2v) is 8.23. The highest BCUT2D eigenvalue weighted by Gasteiger charge is 2.28. The van der Waals surface area contributed by atoms with E-state index in [0.717, 1.165) is 25.0 Å².